The molecule has 0 aliphatic rings. The Hall–Kier alpha value is -0.840. The summed E-state index contributed by atoms with van der Waals surface area (Å²) in [7, 11) is 0. The number of hydrogen-bond acceptors (Lipinski definition) is 3. The molecular formula is C9H10NO2S+. The van der Waals surface area contributed by atoms with E-state index in [4.69, 9.17) is 0 Å². The Morgan fingerprint density at radius 1 is 1.54 bits per heavy atom. The molecule has 0 aliphatic carbocycles. The number of aryl methyl sites for hydroxylation is 1. The lowest BCUT2D eigenvalue weighted by Crippen LogP contribution is -2.14. The number of thiol groups is 1. The van der Waals surface area contributed by atoms with Crippen molar-refractivity contribution in [3.05, 3.63) is 35.4 Å². The molecule has 4 heteroatoms. The second-order valence-corrected chi connectivity index (χ2v) is 2.65. The van der Waals surface area contributed by atoms with Crippen molar-refractivity contribution >= 4 is 18.8 Å². The number of nitrogens with zero attached hydrogens (tertiary/aromatic N) is 1. The fraction of sp³-hybridized carbons (Fsp3) is 0.222. The number of amides is 1. The summed E-state index contributed by atoms with van der Waals surface area (Å²) in [6.07, 6.45) is 0.796. The van der Waals surface area contributed by atoms with Gasteiger partial charge in [0.25, 0.3) is 0 Å². The smallest absolute Gasteiger partial charge is 0.208 e. The van der Waals surface area contributed by atoms with Gasteiger partial charge in [0, 0.05) is 0 Å². The van der Waals surface area contributed by atoms with Gasteiger partial charge in [0.1, 0.15) is 0 Å². The lowest BCUT2D eigenvalue weighted by molar-refractivity contribution is 0.0785. The first-order chi connectivity index (χ1) is 6.29. The van der Waals surface area contributed by atoms with Crippen LogP contribution in [-0.4, -0.2) is 5.91 Å². The molecule has 1 aromatic rings. The zero-order chi connectivity index (χ0) is 9.68. The maximum atomic E-state index is 11.3. The second kappa shape index (κ2) is 5.01. The molecule has 0 saturated carbocycles. The predicted molar refractivity (Wildman–Crippen MR) is 52.4 cm³/mol. The Bertz CT molecular complexity index is 301. The lowest BCUT2D eigenvalue weighted by Gasteiger charge is -1.97. The fourth-order valence-corrected chi connectivity index (χ4v) is 1.20. The quantitative estimate of drug-likeness (QED) is 0.454. The average Bonchev–Trinajstić information content (AvgIpc) is 2.18. The zero-order valence-electron chi connectivity index (χ0n) is 7.23. The van der Waals surface area contributed by atoms with E-state index in [2.05, 4.69) is 22.7 Å². The molecule has 0 spiro atoms. The highest BCUT2D eigenvalue weighted by atomic mass is 32.1. The lowest BCUT2D eigenvalue weighted by atomic mass is 10.1. The van der Waals surface area contributed by atoms with E-state index in [1.165, 1.54) is 0 Å². The van der Waals surface area contributed by atoms with E-state index in [-0.39, 0.29) is 0 Å². The third kappa shape index (κ3) is 2.55. The SMILES string of the molecule is CCc1ccccc1C(=O)[N+]OS. The first kappa shape index (κ1) is 10.2. The van der Waals surface area contributed by atoms with Crippen LogP contribution < -0.4 is 5.48 Å². The van der Waals surface area contributed by atoms with Crippen molar-refractivity contribution < 1.29 is 9.08 Å². The average molecular weight is 196 g/mol. The molecule has 0 saturated heterocycles. The van der Waals surface area contributed by atoms with Crippen molar-refractivity contribution in [2.45, 2.75) is 13.3 Å². The standard InChI is InChI=1S/C9H10NO2S/c1-2-7-5-3-4-6-8(7)9(11)10-12-13/h3-6,13H,2H2,1H3/q+1. The summed E-state index contributed by atoms with van der Waals surface area (Å²) in [5, 5.41) is 0. The number of hydrogen-bond donors (Lipinski definition) is 1. The van der Waals surface area contributed by atoms with E-state index in [0.717, 1.165) is 12.0 Å². The predicted octanol–water partition coefficient (Wildman–Crippen LogP) is 1.77. The normalized spacial score (nSPS) is 10.0. The van der Waals surface area contributed by atoms with Gasteiger partial charge in [-0.25, -0.2) is 4.79 Å². The molecule has 1 rings (SSSR count). The number of rotatable bonds is 3. The van der Waals surface area contributed by atoms with Gasteiger partial charge in [0.05, 0.1) is 18.5 Å². The zero-order valence-corrected chi connectivity index (χ0v) is 8.12. The van der Waals surface area contributed by atoms with Gasteiger partial charge in [0.2, 0.25) is 0 Å². The molecule has 0 N–H and O–H groups in total. The van der Waals surface area contributed by atoms with Crippen LogP contribution in [0.5, 0.6) is 0 Å². The number of benzene rings is 1. The molecule has 0 unspecified atom stereocenters. The molecule has 0 fully saturated rings. The number of hydroxylamine groups is 1. The second-order valence-electron chi connectivity index (χ2n) is 2.49. The molecule has 0 heterocycles. The third-order valence-corrected chi connectivity index (χ3v) is 1.83. The summed E-state index contributed by atoms with van der Waals surface area (Å²) >= 11 is 3.39. The topological polar surface area (TPSA) is 40.4 Å². The summed E-state index contributed by atoms with van der Waals surface area (Å²) in [5.41, 5.74) is 4.76. The van der Waals surface area contributed by atoms with Gasteiger partial charge in [-0.2, -0.15) is 0 Å². The largest absolute Gasteiger partial charge is 0.503 e. The molecule has 1 amide bonds. The summed E-state index contributed by atoms with van der Waals surface area (Å²) < 4.78 is 4.13. The van der Waals surface area contributed by atoms with Crippen molar-refractivity contribution in [2.24, 2.45) is 0 Å². The van der Waals surface area contributed by atoms with Crippen LogP contribution in [0, 0.1) is 0 Å². The Morgan fingerprint density at radius 2 is 2.23 bits per heavy atom. The van der Waals surface area contributed by atoms with Crippen molar-refractivity contribution in [1.29, 1.82) is 0 Å². The Morgan fingerprint density at radius 3 is 2.85 bits per heavy atom. The summed E-state index contributed by atoms with van der Waals surface area (Å²) in [6, 6.07) is 7.29. The Kier molecular flexibility index (Phi) is 3.95. The van der Waals surface area contributed by atoms with Gasteiger partial charge in [-0.15, -0.1) is 0 Å². The molecule has 1 aromatic carbocycles. The van der Waals surface area contributed by atoms with Crippen molar-refractivity contribution in [3.63, 3.8) is 0 Å². The van der Waals surface area contributed by atoms with Gasteiger partial charge >= 0.3 is 11.4 Å². The van der Waals surface area contributed by atoms with Gasteiger partial charge in [-0.1, -0.05) is 25.1 Å². The first-order valence-electron chi connectivity index (χ1n) is 3.93. The van der Waals surface area contributed by atoms with Crippen LogP contribution in [0.15, 0.2) is 24.3 Å². The van der Waals surface area contributed by atoms with E-state index in [1.54, 1.807) is 12.1 Å². The van der Waals surface area contributed by atoms with Crippen LogP contribution >= 0.6 is 12.9 Å². The van der Waals surface area contributed by atoms with Crippen LogP contribution in [0.3, 0.4) is 0 Å². The number of carbonyl (C=O) groups is 1. The van der Waals surface area contributed by atoms with E-state index >= 15 is 0 Å². The summed E-state index contributed by atoms with van der Waals surface area (Å²) in [4.78, 5) is 11.3. The minimum Gasteiger partial charge on any atom is -0.208 e. The van der Waals surface area contributed by atoms with Crippen molar-refractivity contribution in [3.8, 4) is 0 Å². The van der Waals surface area contributed by atoms with Gasteiger partial charge in [-0.05, 0) is 22.3 Å². The van der Waals surface area contributed by atoms with E-state index < -0.39 is 5.91 Å². The van der Waals surface area contributed by atoms with Crippen LogP contribution in [-0.2, 0) is 10.7 Å². The van der Waals surface area contributed by atoms with Crippen LogP contribution in [0.2, 0.25) is 0 Å². The first-order valence-corrected chi connectivity index (χ1v) is 4.30. The van der Waals surface area contributed by atoms with Crippen LogP contribution in [0.4, 0.5) is 0 Å². The molecular weight excluding hydrogens is 186 g/mol. The van der Waals surface area contributed by atoms with E-state index in [1.807, 2.05) is 19.1 Å². The van der Waals surface area contributed by atoms with Gasteiger partial charge < -0.3 is 0 Å². The molecule has 0 bridgehead atoms. The minimum atomic E-state index is -0.396. The fourth-order valence-electron chi connectivity index (χ4n) is 1.12. The van der Waals surface area contributed by atoms with Crippen molar-refractivity contribution in [1.82, 2.24) is 5.48 Å². The van der Waals surface area contributed by atoms with Gasteiger partial charge in [0.15, 0.2) is 0 Å². The number of carbonyl (C=O) groups excluding carboxylic acids is 1. The Labute approximate surface area is 82.7 Å². The maximum Gasteiger partial charge on any atom is 0.503 e. The van der Waals surface area contributed by atoms with Crippen LogP contribution in [0.25, 0.3) is 0 Å². The molecule has 0 aromatic heterocycles. The highest BCUT2D eigenvalue weighted by Crippen LogP contribution is 2.09. The van der Waals surface area contributed by atoms with E-state index in [0.29, 0.717) is 5.56 Å². The summed E-state index contributed by atoms with van der Waals surface area (Å²) in [6.45, 7) is 1.98. The molecule has 68 valence electrons. The maximum absolute atomic E-state index is 11.3. The van der Waals surface area contributed by atoms with E-state index in [9.17, 15) is 4.79 Å². The minimum absolute atomic E-state index is 0.396. The van der Waals surface area contributed by atoms with Crippen LogP contribution in [0.1, 0.15) is 22.8 Å². The molecule has 0 atom stereocenters. The molecule has 3 nitrogen and oxygen atoms in total. The van der Waals surface area contributed by atoms with Crippen molar-refractivity contribution in [2.75, 3.05) is 0 Å². The van der Waals surface area contributed by atoms with Gasteiger partial charge in [-0.3, -0.25) is 0 Å². The molecule has 2 radical (unpaired) electrons. The third-order valence-electron chi connectivity index (χ3n) is 1.75. The highest BCUT2D eigenvalue weighted by molar-refractivity contribution is 7.75. The molecule has 0 aliphatic heterocycles. The summed E-state index contributed by atoms with van der Waals surface area (Å²) in [5.74, 6) is -0.396. The molecule has 13 heavy (non-hydrogen) atoms. The highest BCUT2D eigenvalue weighted by Gasteiger charge is 2.25. The Balaban J connectivity index is 2.92. The monoisotopic (exact) mass is 196 g/mol.